The number of benzene rings is 1. The van der Waals surface area contributed by atoms with Crippen LogP contribution in [0.25, 0.3) is 21.3 Å². The third-order valence-electron chi connectivity index (χ3n) is 7.11. The second-order valence-corrected chi connectivity index (χ2v) is 11.9. The summed E-state index contributed by atoms with van der Waals surface area (Å²) in [5.41, 5.74) is 7.12. The van der Waals surface area contributed by atoms with Gasteiger partial charge in [0.25, 0.3) is 11.8 Å². The summed E-state index contributed by atoms with van der Waals surface area (Å²) in [5, 5.41) is 7.51. The number of carbonyl (C=O) groups excluding carboxylic acids is 2. The first-order chi connectivity index (χ1) is 20.6. The SMILES string of the molecule is Cc1cc(OCc2ccc(C(=O)Nc3c(C(N)=O)sc4nc(C(F)(F)F)cc(-c5cnn(C)c5C)c34)o2)c(C(C)C)cc1Cl. The number of nitrogens with zero attached hydrogens (tertiary/aromatic N) is 3. The molecule has 14 heteroatoms. The van der Waals surface area contributed by atoms with E-state index in [0.717, 1.165) is 17.2 Å². The number of halogens is 4. The summed E-state index contributed by atoms with van der Waals surface area (Å²) >= 11 is 6.94. The van der Waals surface area contributed by atoms with Crippen molar-refractivity contribution < 1.29 is 31.9 Å². The molecule has 44 heavy (non-hydrogen) atoms. The minimum atomic E-state index is -4.77. The van der Waals surface area contributed by atoms with Crippen molar-refractivity contribution in [1.29, 1.82) is 0 Å². The summed E-state index contributed by atoms with van der Waals surface area (Å²) < 4.78 is 54.7. The molecular formula is C30H27ClF3N5O4S. The van der Waals surface area contributed by atoms with Crippen molar-refractivity contribution in [2.24, 2.45) is 12.8 Å². The normalized spacial score (nSPS) is 11.9. The molecule has 0 saturated carbocycles. The number of rotatable bonds is 8. The van der Waals surface area contributed by atoms with Gasteiger partial charge in [-0.05, 0) is 66.8 Å². The van der Waals surface area contributed by atoms with E-state index < -0.39 is 23.7 Å². The molecule has 1 aromatic carbocycles. The van der Waals surface area contributed by atoms with Gasteiger partial charge in [0.2, 0.25) is 0 Å². The van der Waals surface area contributed by atoms with Crippen LogP contribution in [-0.2, 0) is 19.8 Å². The molecular weight excluding hydrogens is 619 g/mol. The van der Waals surface area contributed by atoms with Gasteiger partial charge in [-0.3, -0.25) is 14.3 Å². The van der Waals surface area contributed by atoms with E-state index in [2.05, 4.69) is 15.4 Å². The second kappa shape index (κ2) is 11.6. The van der Waals surface area contributed by atoms with Crippen molar-refractivity contribution in [2.75, 3.05) is 5.32 Å². The van der Waals surface area contributed by atoms with Crippen LogP contribution in [0, 0.1) is 13.8 Å². The van der Waals surface area contributed by atoms with Gasteiger partial charge in [0.05, 0.1) is 11.9 Å². The number of aryl methyl sites for hydroxylation is 2. The van der Waals surface area contributed by atoms with E-state index in [-0.39, 0.29) is 44.6 Å². The van der Waals surface area contributed by atoms with Gasteiger partial charge >= 0.3 is 6.18 Å². The minimum Gasteiger partial charge on any atom is -0.485 e. The number of ether oxygens (including phenoxy) is 1. The summed E-state index contributed by atoms with van der Waals surface area (Å²) in [5.74, 6) is -0.706. The Hall–Kier alpha value is -4.36. The van der Waals surface area contributed by atoms with E-state index in [0.29, 0.717) is 39.1 Å². The summed E-state index contributed by atoms with van der Waals surface area (Å²) in [6, 6.07) is 7.55. The van der Waals surface area contributed by atoms with Gasteiger partial charge in [0, 0.05) is 28.7 Å². The largest absolute Gasteiger partial charge is 0.485 e. The van der Waals surface area contributed by atoms with Crippen LogP contribution in [0.1, 0.15) is 68.3 Å². The summed E-state index contributed by atoms with van der Waals surface area (Å²) in [4.78, 5) is 29.2. The number of alkyl halides is 3. The first kappa shape index (κ1) is 31.1. The zero-order valence-electron chi connectivity index (χ0n) is 24.2. The number of nitrogens with two attached hydrogens (primary N) is 1. The first-order valence-electron chi connectivity index (χ1n) is 13.3. The number of fused-ring (bicyclic) bond motifs is 1. The number of furan rings is 1. The van der Waals surface area contributed by atoms with E-state index >= 15 is 0 Å². The average Bonchev–Trinajstić information content (AvgIpc) is 3.66. The minimum absolute atomic E-state index is 0.0105. The van der Waals surface area contributed by atoms with E-state index in [1.165, 1.54) is 16.9 Å². The van der Waals surface area contributed by atoms with Crippen LogP contribution < -0.4 is 15.8 Å². The van der Waals surface area contributed by atoms with Gasteiger partial charge in [0.1, 0.15) is 33.5 Å². The smallest absolute Gasteiger partial charge is 0.433 e. The Morgan fingerprint density at radius 2 is 1.91 bits per heavy atom. The molecule has 0 unspecified atom stereocenters. The molecule has 0 aliphatic heterocycles. The third-order valence-corrected chi connectivity index (χ3v) is 8.61. The van der Waals surface area contributed by atoms with Crippen LogP contribution in [0.15, 0.2) is 40.9 Å². The van der Waals surface area contributed by atoms with Crippen molar-refractivity contribution in [3.8, 4) is 16.9 Å². The van der Waals surface area contributed by atoms with Crippen molar-refractivity contribution in [2.45, 2.75) is 46.4 Å². The van der Waals surface area contributed by atoms with E-state index in [9.17, 15) is 22.8 Å². The number of carbonyl (C=O) groups is 2. The number of thiophene rings is 1. The maximum Gasteiger partial charge on any atom is 0.433 e. The summed E-state index contributed by atoms with van der Waals surface area (Å²) in [7, 11) is 1.64. The molecule has 0 aliphatic rings. The topological polar surface area (TPSA) is 125 Å². The molecule has 0 saturated heterocycles. The molecule has 0 spiro atoms. The molecule has 4 heterocycles. The van der Waals surface area contributed by atoms with Gasteiger partial charge in [-0.15, -0.1) is 11.3 Å². The van der Waals surface area contributed by atoms with Crippen molar-refractivity contribution >= 4 is 50.7 Å². The number of nitrogens with one attached hydrogen (secondary N) is 1. The Balaban J connectivity index is 1.50. The molecule has 0 radical (unpaired) electrons. The number of pyridine rings is 1. The number of primary amides is 1. The van der Waals surface area contributed by atoms with Crippen molar-refractivity contribution in [3.63, 3.8) is 0 Å². The van der Waals surface area contributed by atoms with Crippen molar-refractivity contribution in [3.05, 3.63) is 80.5 Å². The molecule has 0 aliphatic carbocycles. The van der Waals surface area contributed by atoms with Crippen LogP contribution in [0.5, 0.6) is 5.75 Å². The highest BCUT2D eigenvalue weighted by Crippen LogP contribution is 2.44. The van der Waals surface area contributed by atoms with Gasteiger partial charge < -0.3 is 20.2 Å². The van der Waals surface area contributed by atoms with E-state index in [1.54, 1.807) is 20.0 Å². The Kier molecular flexibility index (Phi) is 8.21. The maximum atomic E-state index is 13.8. The van der Waals surface area contributed by atoms with Crippen LogP contribution in [-0.4, -0.2) is 26.6 Å². The lowest BCUT2D eigenvalue weighted by molar-refractivity contribution is -0.140. The van der Waals surface area contributed by atoms with E-state index in [4.69, 9.17) is 26.5 Å². The maximum absolute atomic E-state index is 13.8. The standard InChI is InChI=1S/C30H27ClF3N5O4S/c1-13(2)17-9-20(31)14(3)8-22(17)42-12-16-6-7-21(43-16)28(41)38-25-24-18(19-11-36-39(5)15(19)4)10-23(30(32,33)34)37-29(24)44-26(25)27(35)40/h6-11,13H,12H2,1-5H3,(H2,35,40)(H,38,41). The molecule has 9 nitrogen and oxygen atoms in total. The Bertz CT molecular complexity index is 1930. The lowest BCUT2D eigenvalue weighted by atomic mass is 10.0. The number of hydrogen-bond donors (Lipinski definition) is 2. The predicted molar refractivity (Wildman–Crippen MR) is 161 cm³/mol. The molecule has 2 amide bonds. The highest BCUT2D eigenvalue weighted by Gasteiger charge is 2.35. The van der Waals surface area contributed by atoms with Crippen LogP contribution >= 0.6 is 22.9 Å². The molecule has 0 fully saturated rings. The second-order valence-electron chi connectivity index (χ2n) is 10.5. The number of hydrogen-bond acceptors (Lipinski definition) is 7. The fourth-order valence-corrected chi connectivity index (χ4v) is 5.84. The van der Waals surface area contributed by atoms with Crippen molar-refractivity contribution in [1.82, 2.24) is 14.8 Å². The molecule has 4 aromatic heterocycles. The lowest BCUT2D eigenvalue weighted by Gasteiger charge is -2.15. The first-order valence-corrected chi connectivity index (χ1v) is 14.5. The quantitative estimate of drug-likeness (QED) is 0.179. The zero-order valence-corrected chi connectivity index (χ0v) is 25.8. The molecule has 3 N–H and O–H groups in total. The molecule has 0 atom stereocenters. The van der Waals surface area contributed by atoms with Gasteiger partial charge in [-0.25, -0.2) is 4.98 Å². The Morgan fingerprint density at radius 3 is 2.52 bits per heavy atom. The number of aromatic nitrogens is 3. The fraction of sp³-hybridized carbons (Fsp3) is 0.267. The van der Waals surface area contributed by atoms with Gasteiger partial charge in [-0.1, -0.05) is 25.4 Å². The fourth-order valence-electron chi connectivity index (χ4n) is 4.66. The monoisotopic (exact) mass is 645 g/mol. The van der Waals surface area contributed by atoms with E-state index in [1.807, 2.05) is 32.9 Å². The molecule has 0 bridgehead atoms. The molecule has 5 aromatic rings. The van der Waals surface area contributed by atoms with Crippen LogP contribution in [0.3, 0.4) is 0 Å². The predicted octanol–water partition coefficient (Wildman–Crippen LogP) is 7.63. The third kappa shape index (κ3) is 5.89. The highest BCUT2D eigenvalue weighted by molar-refractivity contribution is 7.21. The number of anilines is 1. The highest BCUT2D eigenvalue weighted by atomic mass is 35.5. The Labute approximate surface area is 258 Å². The van der Waals surface area contributed by atoms with Gasteiger partial charge in [-0.2, -0.15) is 18.3 Å². The lowest BCUT2D eigenvalue weighted by Crippen LogP contribution is -2.16. The summed E-state index contributed by atoms with van der Waals surface area (Å²) in [6.07, 6.45) is -3.37. The average molecular weight is 646 g/mol. The molecule has 230 valence electrons. The number of amides is 2. The van der Waals surface area contributed by atoms with Gasteiger partial charge in [0.15, 0.2) is 5.76 Å². The van der Waals surface area contributed by atoms with Crippen LogP contribution in [0.4, 0.5) is 18.9 Å². The van der Waals surface area contributed by atoms with Crippen LogP contribution in [0.2, 0.25) is 5.02 Å². The summed E-state index contributed by atoms with van der Waals surface area (Å²) in [6.45, 7) is 7.58. The zero-order chi connectivity index (χ0) is 32.1. The molecule has 5 rings (SSSR count). The Morgan fingerprint density at radius 1 is 1.18 bits per heavy atom.